The van der Waals surface area contributed by atoms with Crippen molar-refractivity contribution >= 4 is 8.58 Å². The molecule has 0 fully saturated rings. The Morgan fingerprint density at radius 2 is 1.46 bits per heavy atom. The van der Waals surface area contributed by atoms with Crippen molar-refractivity contribution in [1.29, 1.82) is 0 Å². The number of unbranched alkanes of at least 4 members (excludes halogenated alkanes) is 2. The molecule has 0 aromatic carbocycles. The summed E-state index contributed by atoms with van der Waals surface area (Å²) in [6.07, 6.45) is 3.75. The van der Waals surface area contributed by atoms with Gasteiger partial charge >= 0.3 is 0 Å². The number of rotatable bonds is 5. The summed E-state index contributed by atoms with van der Waals surface area (Å²) in [5.74, 6) is 0. The molecule has 0 radical (unpaired) electrons. The van der Waals surface area contributed by atoms with E-state index in [-0.39, 0.29) is 0 Å². The summed E-state index contributed by atoms with van der Waals surface area (Å²) in [5, 5.41) is 0. The van der Waals surface area contributed by atoms with Crippen LogP contribution in [0.3, 0.4) is 0 Å². The minimum atomic E-state index is 0.855. The Balaban J connectivity index is 0. The summed E-state index contributed by atoms with van der Waals surface area (Å²) >= 11 is 0. The summed E-state index contributed by atoms with van der Waals surface area (Å²) in [6, 6.07) is 0. The molecule has 0 rings (SSSR count). The van der Waals surface area contributed by atoms with Crippen molar-refractivity contribution < 1.29 is 0 Å². The van der Waals surface area contributed by atoms with E-state index in [1.54, 1.807) is 0 Å². The summed E-state index contributed by atoms with van der Waals surface area (Å²) in [4.78, 5) is 0. The average Bonchev–Trinajstić information content (AvgIpc) is 1.99. The first-order chi connectivity index (χ1) is 6.04. The first kappa shape index (κ1) is 15.8. The van der Waals surface area contributed by atoms with Gasteiger partial charge in [0, 0.05) is 0 Å². The van der Waals surface area contributed by atoms with E-state index in [1.807, 2.05) is 0 Å². The van der Waals surface area contributed by atoms with Crippen LogP contribution in [0.1, 0.15) is 53.9 Å². The van der Waals surface area contributed by atoms with Crippen molar-refractivity contribution in [3.63, 3.8) is 0 Å². The highest BCUT2D eigenvalue weighted by molar-refractivity contribution is 7.39. The SMILES string of the molecule is CC(C)PC(C)C.CCCCCN. The lowest BCUT2D eigenvalue weighted by Gasteiger charge is -2.06. The van der Waals surface area contributed by atoms with Gasteiger partial charge in [0.05, 0.1) is 0 Å². The lowest BCUT2D eigenvalue weighted by Crippen LogP contribution is -1.96. The molecule has 0 aromatic heterocycles. The van der Waals surface area contributed by atoms with Crippen LogP contribution in [0.4, 0.5) is 0 Å². The highest BCUT2D eigenvalue weighted by Crippen LogP contribution is 2.23. The standard InChI is InChI=1S/C6H15P.C5H13N/c1-5(2)7-6(3)4;1-2-3-4-5-6/h5-7H,1-4H3;2-6H2,1H3. The summed E-state index contributed by atoms with van der Waals surface area (Å²) < 4.78 is 0. The van der Waals surface area contributed by atoms with Crippen molar-refractivity contribution in [2.45, 2.75) is 65.2 Å². The molecular weight excluding hydrogens is 177 g/mol. The normalized spacial score (nSPS) is 10.2. The molecule has 0 unspecified atom stereocenters. The monoisotopic (exact) mass is 205 g/mol. The molecule has 0 heterocycles. The van der Waals surface area contributed by atoms with E-state index >= 15 is 0 Å². The molecule has 0 atom stereocenters. The third kappa shape index (κ3) is 24.5. The Bertz CT molecular complexity index is 72.2. The van der Waals surface area contributed by atoms with Crippen LogP contribution in [-0.2, 0) is 0 Å². The predicted octanol–water partition coefficient (Wildman–Crippen LogP) is 3.62. The Morgan fingerprint density at radius 3 is 1.54 bits per heavy atom. The molecule has 0 spiro atoms. The zero-order valence-electron chi connectivity index (χ0n) is 10.1. The van der Waals surface area contributed by atoms with Crippen LogP contribution in [-0.4, -0.2) is 17.9 Å². The van der Waals surface area contributed by atoms with E-state index in [2.05, 4.69) is 34.6 Å². The van der Waals surface area contributed by atoms with Gasteiger partial charge < -0.3 is 5.73 Å². The Kier molecular flexibility index (Phi) is 15.1. The number of nitrogens with two attached hydrogens (primary N) is 1. The minimum Gasteiger partial charge on any atom is -0.330 e. The van der Waals surface area contributed by atoms with Gasteiger partial charge in [-0.3, -0.25) is 0 Å². The Morgan fingerprint density at radius 1 is 1.00 bits per heavy atom. The molecule has 0 aliphatic carbocycles. The third-order valence-electron chi connectivity index (χ3n) is 1.47. The second-order valence-corrected chi connectivity index (χ2v) is 6.61. The molecule has 0 saturated heterocycles. The molecule has 0 aliphatic rings. The van der Waals surface area contributed by atoms with E-state index in [0.717, 1.165) is 26.4 Å². The molecule has 0 saturated carbocycles. The second-order valence-electron chi connectivity index (χ2n) is 3.97. The van der Waals surface area contributed by atoms with Gasteiger partial charge in [0.25, 0.3) is 0 Å². The summed E-state index contributed by atoms with van der Waals surface area (Å²) in [5.41, 5.74) is 7.02. The smallest absolute Gasteiger partial charge is 0.00773 e. The van der Waals surface area contributed by atoms with E-state index in [0.29, 0.717) is 0 Å². The molecule has 1 nitrogen and oxygen atoms in total. The molecule has 0 amide bonds. The van der Waals surface area contributed by atoms with E-state index in [4.69, 9.17) is 5.73 Å². The van der Waals surface area contributed by atoms with Gasteiger partial charge in [-0.1, -0.05) is 47.5 Å². The summed E-state index contributed by atoms with van der Waals surface area (Å²) in [6.45, 7) is 12.1. The van der Waals surface area contributed by atoms with Crippen molar-refractivity contribution in [1.82, 2.24) is 0 Å². The third-order valence-corrected chi connectivity index (χ3v) is 2.81. The van der Waals surface area contributed by atoms with Gasteiger partial charge in [0.2, 0.25) is 0 Å². The van der Waals surface area contributed by atoms with Gasteiger partial charge in [-0.2, -0.15) is 0 Å². The van der Waals surface area contributed by atoms with E-state index in [9.17, 15) is 0 Å². The van der Waals surface area contributed by atoms with Gasteiger partial charge in [-0.15, -0.1) is 8.58 Å². The van der Waals surface area contributed by atoms with E-state index in [1.165, 1.54) is 19.3 Å². The van der Waals surface area contributed by atoms with Crippen LogP contribution in [0.5, 0.6) is 0 Å². The number of hydrogen-bond donors (Lipinski definition) is 1. The first-order valence-corrected chi connectivity index (χ1v) is 6.66. The van der Waals surface area contributed by atoms with Crippen LogP contribution in [0.15, 0.2) is 0 Å². The zero-order chi connectivity index (χ0) is 10.7. The van der Waals surface area contributed by atoms with Gasteiger partial charge in [0.1, 0.15) is 0 Å². The van der Waals surface area contributed by atoms with Crippen molar-refractivity contribution in [2.75, 3.05) is 6.54 Å². The maximum atomic E-state index is 5.21. The number of hydrogen-bond acceptors (Lipinski definition) is 1. The Labute approximate surface area is 86.6 Å². The molecule has 0 bridgehead atoms. The van der Waals surface area contributed by atoms with Crippen molar-refractivity contribution in [3.05, 3.63) is 0 Å². The topological polar surface area (TPSA) is 26.0 Å². The quantitative estimate of drug-likeness (QED) is 0.538. The van der Waals surface area contributed by atoms with E-state index < -0.39 is 0 Å². The molecule has 0 aromatic rings. The molecule has 2 heteroatoms. The fraction of sp³-hybridized carbons (Fsp3) is 1.00. The average molecular weight is 205 g/mol. The van der Waals surface area contributed by atoms with Gasteiger partial charge in [-0.25, -0.2) is 0 Å². The fourth-order valence-electron chi connectivity index (χ4n) is 1.06. The van der Waals surface area contributed by atoms with Crippen LogP contribution in [0, 0.1) is 0 Å². The zero-order valence-corrected chi connectivity index (χ0v) is 11.1. The second kappa shape index (κ2) is 12.4. The first-order valence-electron chi connectivity index (χ1n) is 5.50. The lowest BCUT2D eigenvalue weighted by atomic mass is 10.3. The molecular formula is C11H28NP. The minimum absolute atomic E-state index is 0.855. The van der Waals surface area contributed by atoms with Crippen LogP contribution < -0.4 is 5.73 Å². The fourth-order valence-corrected chi connectivity index (χ4v) is 2.39. The molecule has 13 heavy (non-hydrogen) atoms. The van der Waals surface area contributed by atoms with Crippen LogP contribution in [0.25, 0.3) is 0 Å². The highest BCUT2D eigenvalue weighted by atomic mass is 31.1. The van der Waals surface area contributed by atoms with Crippen LogP contribution in [0.2, 0.25) is 0 Å². The Hall–Kier alpha value is 0.390. The molecule has 82 valence electrons. The maximum Gasteiger partial charge on any atom is -0.00773 e. The maximum absolute atomic E-state index is 5.21. The largest absolute Gasteiger partial charge is 0.330 e. The highest BCUT2D eigenvalue weighted by Gasteiger charge is 1.95. The van der Waals surface area contributed by atoms with Crippen LogP contribution >= 0.6 is 8.58 Å². The van der Waals surface area contributed by atoms with Gasteiger partial charge in [0.15, 0.2) is 0 Å². The van der Waals surface area contributed by atoms with Crippen molar-refractivity contribution in [3.8, 4) is 0 Å². The van der Waals surface area contributed by atoms with Crippen molar-refractivity contribution in [2.24, 2.45) is 5.73 Å². The molecule has 0 aliphatic heterocycles. The molecule has 2 N–H and O–H groups in total. The summed E-state index contributed by atoms with van der Waals surface area (Å²) in [7, 11) is 1.15. The predicted molar refractivity (Wildman–Crippen MR) is 67.2 cm³/mol. The van der Waals surface area contributed by atoms with Gasteiger partial charge in [-0.05, 0) is 24.3 Å². The lowest BCUT2D eigenvalue weighted by molar-refractivity contribution is 0.727.